The summed E-state index contributed by atoms with van der Waals surface area (Å²) in [6.45, 7) is 9.41. The van der Waals surface area contributed by atoms with E-state index in [0.717, 1.165) is 0 Å². The average Bonchev–Trinajstić information content (AvgIpc) is 3.11. The van der Waals surface area contributed by atoms with Gasteiger partial charge in [-0.05, 0) is 37.1 Å². The molecular weight excluding hydrogens is 340 g/mol. The second-order valence-corrected chi connectivity index (χ2v) is 8.65. The van der Waals surface area contributed by atoms with E-state index in [1.165, 1.54) is 11.3 Å². The number of carbonyl (C=O) groups excluding carboxylic acids is 3. The number of amides is 2. The molecule has 1 aromatic heterocycles. The second-order valence-electron chi connectivity index (χ2n) is 7.87. The Kier molecular flexibility index (Phi) is 5.68. The summed E-state index contributed by atoms with van der Waals surface area (Å²) in [5, 5.41) is 9.15. The van der Waals surface area contributed by atoms with Crippen molar-refractivity contribution in [3.05, 3.63) is 22.4 Å². The van der Waals surface area contributed by atoms with E-state index in [2.05, 4.69) is 10.6 Å². The molecular formula is C18H26N2O4S. The molecule has 0 radical (unpaired) electrons. The Morgan fingerprint density at radius 2 is 2.12 bits per heavy atom. The number of ether oxygens (including phenoxy) is 1. The van der Waals surface area contributed by atoms with Crippen molar-refractivity contribution in [3.63, 3.8) is 0 Å². The third-order valence-corrected chi connectivity index (χ3v) is 5.14. The zero-order chi connectivity index (χ0) is 18.8. The molecule has 25 heavy (non-hydrogen) atoms. The van der Waals surface area contributed by atoms with E-state index in [0.29, 0.717) is 12.0 Å². The molecule has 7 heteroatoms. The third kappa shape index (κ3) is 4.67. The first-order valence-electron chi connectivity index (χ1n) is 8.33. The van der Waals surface area contributed by atoms with Crippen molar-refractivity contribution < 1.29 is 19.1 Å². The fourth-order valence-electron chi connectivity index (χ4n) is 2.72. The summed E-state index contributed by atoms with van der Waals surface area (Å²) in [7, 11) is 0. The Morgan fingerprint density at radius 1 is 1.44 bits per heavy atom. The van der Waals surface area contributed by atoms with Crippen LogP contribution in [0.5, 0.6) is 0 Å². The minimum Gasteiger partial charge on any atom is -0.368 e. The van der Waals surface area contributed by atoms with Gasteiger partial charge in [-0.15, -0.1) is 0 Å². The number of ketones is 1. The van der Waals surface area contributed by atoms with Gasteiger partial charge in [-0.1, -0.05) is 20.8 Å². The van der Waals surface area contributed by atoms with E-state index < -0.39 is 17.7 Å². The zero-order valence-corrected chi connectivity index (χ0v) is 16.2. The number of rotatable bonds is 5. The van der Waals surface area contributed by atoms with E-state index in [4.69, 9.17) is 4.74 Å². The molecule has 2 rings (SSSR count). The summed E-state index contributed by atoms with van der Waals surface area (Å²) in [5.74, 6) is -0.823. The molecule has 0 saturated carbocycles. The predicted octanol–water partition coefficient (Wildman–Crippen LogP) is 2.15. The number of hydrogen-bond acceptors (Lipinski definition) is 5. The second kappa shape index (κ2) is 7.25. The molecule has 3 atom stereocenters. The van der Waals surface area contributed by atoms with E-state index in [1.54, 1.807) is 25.3 Å². The van der Waals surface area contributed by atoms with Gasteiger partial charge in [0.1, 0.15) is 18.2 Å². The van der Waals surface area contributed by atoms with Crippen LogP contribution >= 0.6 is 11.3 Å². The maximum Gasteiger partial charge on any atom is 0.252 e. The van der Waals surface area contributed by atoms with Crippen LogP contribution < -0.4 is 10.6 Å². The standard InChI is InChI=1S/C18H26N2O4S/c1-11-18(5,14(21)9-24-11)20-16(23)13(8-17(2,3)4)19-15(22)12-6-7-25-10-12/h6-7,10-11,13H,8-9H2,1-5H3,(H,19,22)(H,20,23)/t11-,13+,18-/m1/s1. The van der Waals surface area contributed by atoms with Crippen LogP contribution in [0.3, 0.4) is 0 Å². The van der Waals surface area contributed by atoms with E-state index >= 15 is 0 Å². The molecule has 2 heterocycles. The minimum absolute atomic E-state index is 0.0108. The fraction of sp³-hybridized carbons (Fsp3) is 0.611. The lowest BCUT2D eigenvalue weighted by atomic mass is 9.86. The van der Waals surface area contributed by atoms with Crippen LogP contribution in [0.2, 0.25) is 0 Å². The van der Waals surface area contributed by atoms with Crippen molar-refractivity contribution in [2.45, 2.75) is 58.7 Å². The van der Waals surface area contributed by atoms with E-state index in [9.17, 15) is 14.4 Å². The summed E-state index contributed by atoms with van der Waals surface area (Å²) in [6.07, 6.45) is 0.0422. The van der Waals surface area contributed by atoms with Gasteiger partial charge in [0.2, 0.25) is 5.91 Å². The van der Waals surface area contributed by atoms with Gasteiger partial charge in [0.05, 0.1) is 11.7 Å². The Morgan fingerprint density at radius 3 is 2.60 bits per heavy atom. The minimum atomic E-state index is -1.07. The van der Waals surface area contributed by atoms with Crippen LogP contribution in [-0.4, -0.2) is 41.9 Å². The monoisotopic (exact) mass is 366 g/mol. The predicted molar refractivity (Wildman–Crippen MR) is 96.6 cm³/mol. The Bertz CT molecular complexity index is 651. The molecule has 0 aliphatic carbocycles. The largest absolute Gasteiger partial charge is 0.368 e. The topological polar surface area (TPSA) is 84.5 Å². The number of nitrogens with one attached hydrogen (secondary N) is 2. The quantitative estimate of drug-likeness (QED) is 0.836. The molecule has 0 spiro atoms. The van der Waals surface area contributed by atoms with Crippen molar-refractivity contribution in [1.29, 1.82) is 0 Å². The molecule has 1 aliphatic rings. The maximum atomic E-state index is 12.8. The van der Waals surface area contributed by atoms with Crippen molar-refractivity contribution in [2.24, 2.45) is 5.41 Å². The summed E-state index contributed by atoms with van der Waals surface area (Å²) in [4.78, 5) is 37.4. The smallest absolute Gasteiger partial charge is 0.252 e. The molecule has 1 aliphatic heterocycles. The van der Waals surface area contributed by atoms with Crippen LogP contribution in [0.4, 0.5) is 0 Å². The van der Waals surface area contributed by atoms with Crippen molar-refractivity contribution in [3.8, 4) is 0 Å². The third-order valence-electron chi connectivity index (χ3n) is 4.46. The molecule has 6 nitrogen and oxygen atoms in total. The highest BCUT2D eigenvalue weighted by atomic mass is 32.1. The van der Waals surface area contributed by atoms with Gasteiger partial charge in [0.15, 0.2) is 5.78 Å². The van der Waals surface area contributed by atoms with Crippen LogP contribution in [0.15, 0.2) is 16.8 Å². The maximum absolute atomic E-state index is 12.8. The van der Waals surface area contributed by atoms with Gasteiger partial charge in [-0.3, -0.25) is 14.4 Å². The lowest BCUT2D eigenvalue weighted by Gasteiger charge is -2.32. The number of carbonyl (C=O) groups is 3. The Hall–Kier alpha value is -1.73. The highest BCUT2D eigenvalue weighted by Crippen LogP contribution is 2.25. The molecule has 138 valence electrons. The van der Waals surface area contributed by atoms with Crippen molar-refractivity contribution >= 4 is 28.9 Å². The molecule has 1 saturated heterocycles. The van der Waals surface area contributed by atoms with Gasteiger partial charge in [-0.2, -0.15) is 11.3 Å². The molecule has 1 fully saturated rings. The first kappa shape index (κ1) is 19.6. The highest BCUT2D eigenvalue weighted by molar-refractivity contribution is 7.08. The zero-order valence-electron chi connectivity index (χ0n) is 15.3. The van der Waals surface area contributed by atoms with Gasteiger partial charge in [0.25, 0.3) is 5.91 Å². The van der Waals surface area contributed by atoms with Gasteiger partial charge >= 0.3 is 0 Å². The average molecular weight is 366 g/mol. The van der Waals surface area contributed by atoms with Crippen LogP contribution in [-0.2, 0) is 14.3 Å². The molecule has 2 N–H and O–H groups in total. The number of hydrogen-bond donors (Lipinski definition) is 2. The highest BCUT2D eigenvalue weighted by Gasteiger charge is 2.47. The molecule has 0 bridgehead atoms. The summed E-state index contributed by atoms with van der Waals surface area (Å²) >= 11 is 1.42. The molecule has 0 unspecified atom stereocenters. The van der Waals surface area contributed by atoms with Crippen molar-refractivity contribution in [1.82, 2.24) is 10.6 Å². The number of Topliss-reactive ketones (excluding diaryl/α,β-unsaturated/α-hetero) is 1. The van der Waals surface area contributed by atoms with Crippen LogP contribution in [0, 0.1) is 5.41 Å². The molecule has 0 aromatic carbocycles. The fourth-order valence-corrected chi connectivity index (χ4v) is 3.35. The molecule has 2 amide bonds. The Labute approximate surface area is 152 Å². The van der Waals surface area contributed by atoms with Crippen LogP contribution in [0.1, 0.15) is 51.4 Å². The lowest BCUT2D eigenvalue weighted by Crippen LogP contribution is -2.60. The lowest BCUT2D eigenvalue weighted by molar-refractivity contribution is -0.131. The SMILES string of the molecule is C[C@H]1OCC(=O)[C@]1(C)NC(=O)[C@H](CC(C)(C)C)NC(=O)c1ccsc1. The van der Waals surface area contributed by atoms with Gasteiger partial charge in [0, 0.05) is 5.38 Å². The Balaban J connectivity index is 2.15. The summed E-state index contributed by atoms with van der Waals surface area (Å²) in [5.41, 5.74) is -0.718. The van der Waals surface area contributed by atoms with Gasteiger partial charge in [-0.25, -0.2) is 0 Å². The first-order valence-corrected chi connectivity index (χ1v) is 9.27. The normalized spacial score (nSPS) is 24.8. The molecule has 1 aromatic rings. The number of thiophene rings is 1. The summed E-state index contributed by atoms with van der Waals surface area (Å²) < 4.78 is 5.35. The van der Waals surface area contributed by atoms with Gasteiger partial charge < -0.3 is 15.4 Å². The van der Waals surface area contributed by atoms with Crippen molar-refractivity contribution in [2.75, 3.05) is 6.61 Å². The summed E-state index contributed by atoms with van der Waals surface area (Å²) in [6, 6.07) is 0.980. The van der Waals surface area contributed by atoms with E-state index in [1.807, 2.05) is 26.2 Å². The first-order chi connectivity index (χ1) is 11.5. The van der Waals surface area contributed by atoms with Crippen LogP contribution in [0.25, 0.3) is 0 Å². The van der Waals surface area contributed by atoms with E-state index in [-0.39, 0.29) is 29.6 Å².